The molecule has 1 heterocycles. The number of carbonyl (C=O) groups excluding carboxylic acids is 2. The molecule has 2 aromatic rings. The summed E-state index contributed by atoms with van der Waals surface area (Å²) in [6.45, 7) is 4.21. The summed E-state index contributed by atoms with van der Waals surface area (Å²) < 4.78 is 33.0. The van der Waals surface area contributed by atoms with Gasteiger partial charge >= 0.3 is 5.97 Å². The smallest absolute Gasteiger partial charge is 0.336 e. The SMILES string of the molecule is CCOc1ccc([C@H]2CC(=O)C3C(=NC(C)=C(C(=O)OC)[C@@H]3c3cc(OC)c(OC)c(OC)c3)C2)cc1OC. The molecule has 1 fully saturated rings. The Morgan fingerprint density at radius 3 is 2.05 bits per heavy atom. The van der Waals surface area contributed by atoms with E-state index in [2.05, 4.69) is 0 Å². The van der Waals surface area contributed by atoms with Gasteiger partial charge in [0, 0.05) is 23.7 Å². The van der Waals surface area contributed by atoms with Gasteiger partial charge in [-0.2, -0.15) is 0 Å². The van der Waals surface area contributed by atoms with Crippen LogP contribution in [0.5, 0.6) is 28.7 Å². The first-order valence-electron chi connectivity index (χ1n) is 12.8. The molecule has 0 amide bonds. The van der Waals surface area contributed by atoms with Crippen LogP contribution in [0.3, 0.4) is 0 Å². The summed E-state index contributed by atoms with van der Waals surface area (Å²) in [5.74, 6) is 0.676. The Balaban J connectivity index is 1.81. The van der Waals surface area contributed by atoms with Gasteiger partial charge in [-0.1, -0.05) is 6.07 Å². The number of hydrogen-bond donors (Lipinski definition) is 0. The molecule has 9 nitrogen and oxygen atoms in total. The zero-order chi connectivity index (χ0) is 28.3. The number of hydrogen-bond acceptors (Lipinski definition) is 9. The number of nitrogens with zero attached hydrogens (tertiary/aromatic N) is 1. The molecule has 1 aliphatic heterocycles. The van der Waals surface area contributed by atoms with Crippen LogP contribution in [-0.2, 0) is 14.3 Å². The van der Waals surface area contributed by atoms with Crippen molar-refractivity contribution in [3.63, 3.8) is 0 Å². The van der Waals surface area contributed by atoms with Crippen LogP contribution in [0, 0.1) is 5.92 Å². The number of ether oxygens (including phenoxy) is 6. The van der Waals surface area contributed by atoms with Gasteiger partial charge < -0.3 is 28.4 Å². The third kappa shape index (κ3) is 5.17. The van der Waals surface area contributed by atoms with Crippen LogP contribution in [0.2, 0.25) is 0 Å². The number of aliphatic imine (C=N–C) groups is 1. The number of allylic oxidation sites excluding steroid dienone is 1. The Kier molecular flexibility index (Phi) is 8.47. The average Bonchev–Trinajstić information content (AvgIpc) is 2.95. The van der Waals surface area contributed by atoms with Crippen molar-refractivity contribution >= 4 is 17.5 Å². The number of carbonyl (C=O) groups is 2. The summed E-state index contributed by atoms with van der Waals surface area (Å²) in [4.78, 5) is 31.8. The molecule has 1 unspecified atom stereocenters. The first kappa shape index (κ1) is 28.0. The quantitative estimate of drug-likeness (QED) is 0.418. The molecule has 208 valence electrons. The van der Waals surface area contributed by atoms with E-state index < -0.39 is 17.8 Å². The number of rotatable bonds is 9. The fourth-order valence-electron chi connectivity index (χ4n) is 5.64. The van der Waals surface area contributed by atoms with Crippen LogP contribution < -0.4 is 23.7 Å². The average molecular weight is 538 g/mol. The number of Topliss-reactive ketones (excluding diaryl/α,β-unsaturated/α-hetero) is 1. The lowest BCUT2D eigenvalue weighted by Gasteiger charge is -2.38. The van der Waals surface area contributed by atoms with E-state index in [9.17, 15) is 9.59 Å². The lowest BCUT2D eigenvalue weighted by Crippen LogP contribution is -2.41. The van der Waals surface area contributed by atoms with Gasteiger partial charge in [0.2, 0.25) is 5.75 Å². The van der Waals surface area contributed by atoms with Crippen molar-refractivity contribution in [2.24, 2.45) is 10.9 Å². The van der Waals surface area contributed by atoms with E-state index in [1.165, 1.54) is 28.4 Å². The topological polar surface area (TPSA) is 102 Å². The summed E-state index contributed by atoms with van der Waals surface area (Å²) in [5, 5.41) is 0. The molecule has 2 aliphatic rings. The van der Waals surface area contributed by atoms with Crippen LogP contribution in [0.25, 0.3) is 0 Å². The van der Waals surface area contributed by atoms with Crippen molar-refractivity contribution < 1.29 is 38.0 Å². The number of methoxy groups -OCH3 is 5. The van der Waals surface area contributed by atoms with Gasteiger partial charge in [0.1, 0.15) is 5.78 Å². The minimum Gasteiger partial charge on any atom is -0.493 e. The molecule has 2 aromatic carbocycles. The summed E-state index contributed by atoms with van der Waals surface area (Å²) in [6.07, 6.45) is 0.843. The molecule has 39 heavy (non-hydrogen) atoms. The van der Waals surface area contributed by atoms with Crippen molar-refractivity contribution in [2.75, 3.05) is 42.2 Å². The maximum atomic E-state index is 13.9. The van der Waals surface area contributed by atoms with Gasteiger partial charge in [0.05, 0.1) is 53.6 Å². The van der Waals surface area contributed by atoms with Gasteiger partial charge in [-0.15, -0.1) is 0 Å². The van der Waals surface area contributed by atoms with Gasteiger partial charge in [-0.3, -0.25) is 9.79 Å². The van der Waals surface area contributed by atoms with Crippen LogP contribution >= 0.6 is 0 Å². The highest BCUT2D eigenvalue weighted by atomic mass is 16.5. The van der Waals surface area contributed by atoms with E-state index in [1.807, 2.05) is 25.1 Å². The minimum absolute atomic E-state index is 0.00879. The van der Waals surface area contributed by atoms with Crippen LogP contribution in [0.15, 0.2) is 46.6 Å². The van der Waals surface area contributed by atoms with Crippen LogP contribution in [0.1, 0.15) is 49.7 Å². The molecule has 0 spiro atoms. The Bertz CT molecular complexity index is 1300. The van der Waals surface area contributed by atoms with E-state index >= 15 is 0 Å². The van der Waals surface area contributed by atoms with Gasteiger partial charge in [-0.05, 0) is 61.6 Å². The van der Waals surface area contributed by atoms with Crippen LogP contribution in [-0.4, -0.2) is 59.6 Å². The first-order chi connectivity index (χ1) is 18.8. The Morgan fingerprint density at radius 1 is 0.846 bits per heavy atom. The lowest BCUT2D eigenvalue weighted by molar-refractivity contribution is -0.136. The summed E-state index contributed by atoms with van der Waals surface area (Å²) in [6, 6.07) is 9.32. The zero-order valence-electron chi connectivity index (χ0n) is 23.5. The second-order valence-corrected chi connectivity index (χ2v) is 9.42. The lowest BCUT2D eigenvalue weighted by atomic mass is 9.66. The van der Waals surface area contributed by atoms with Crippen LogP contribution in [0.4, 0.5) is 0 Å². The maximum Gasteiger partial charge on any atom is 0.336 e. The highest BCUT2D eigenvalue weighted by Crippen LogP contribution is 2.49. The van der Waals surface area contributed by atoms with E-state index in [1.54, 1.807) is 26.2 Å². The van der Waals surface area contributed by atoms with Crippen molar-refractivity contribution in [1.29, 1.82) is 0 Å². The number of fused-ring (bicyclic) bond motifs is 1. The van der Waals surface area contributed by atoms with E-state index in [0.29, 0.717) is 58.6 Å². The predicted molar refractivity (Wildman–Crippen MR) is 146 cm³/mol. The van der Waals surface area contributed by atoms with Crippen molar-refractivity contribution in [3.05, 3.63) is 52.7 Å². The third-order valence-electron chi connectivity index (χ3n) is 7.36. The van der Waals surface area contributed by atoms with E-state index in [-0.39, 0.29) is 18.1 Å². The molecule has 0 N–H and O–H groups in total. The molecular formula is C30H35NO8. The molecule has 3 atom stereocenters. The molecular weight excluding hydrogens is 502 g/mol. The molecule has 1 aliphatic carbocycles. The summed E-state index contributed by atoms with van der Waals surface area (Å²) >= 11 is 0. The van der Waals surface area contributed by atoms with Crippen molar-refractivity contribution in [3.8, 4) is 28.7 Å². The molecule has 4 rings (SSSR count). The van der Waals surface area contributed by atoms with Crippen molar-refractivity contribution in [1.82, 2.24) is 0 Å². The standard InChI is InChI=1S/C30H35NO8/c1-8-39-22-10-9-17(13-23(22)34-3)18-11-20-28(21(32)12-18)27(26(16(2)31-20)30(33)38-7)19-14-24(35-4)29(37-6)25(15-19)36-5/h9-10,13-15,18,27-28H,8,11-12H2,1-7H3/t18-,27+,28?/m1/s1. The van der Waals surface area contributed by atoms with Gasteiger partial charge in [0.25, 0.3) is 0 Å². The predicted octanol–water partition coefficient (Wildman–Crippen LogP) is 4.87. The Labute approximate surface area is 228 Å². The fraction of sp³-hybridized carbons (Fsp3) is 0.433. The van der Waals surface area contributed by atoms with Gasteiger partial charge in [-0.25, -0.2) is 4.79 Å². The second kappa shape index (κ2) is 11.8. The van der Waals surface area contributed by atoms with Gasteiger partial charge in [0.15, 0.2) is 23.0 Å². The molecule has 0 aromatic heterocycles. The zero-order valence-corrected chi connectivity index (χ0v) is 23.5. The Hall–Kier alpha value is -4.01. The number of esters is 1. The van der Waals surface area contributed by atoms with E-state index in [4.69, 9.17) is 33.4 Å². The minimum atomic E-state index is -0.633. The monoisotopic (exact) mass is 537 g/mol. The molecule has 0 bridgehead atoms. The normalized spacial score (nSPS) is 20.5. The molecule has 0 radical (unpaired) electrons. The number of benzene rings is 2. The number of ketones is 1. The highest BCUT2D eigenvalue weighted by molar-refractivity contribution is 6.12. The molecule has 9 heteroatoms. The fourth-order valence-corrected chi connectivity index (χ4v) is 5.64. The summed E-state index contributed by atoms with van der Waals surface area (Å²) in [5.41, 5.74) is 3.23. The first-order valence-corrected chi connectivity index (χ1v) is 12.8. The largest absolute Gasteiger partial charge is 0.493 e. The second-order valence-electron chi connectivity index (χ2n) is 9.42. The molecule has 0 saturated heterocycles. The van der Waals surface area contributed by atoms with E-state index in [0.717, 1.165) is 11.3 Å². The third-order valence-corrected chi connectivity index (χ3v) is 7.36. The summed E-state index contributed by atoms with van der Waals surface area (Å²) in [7, 11) is 7.50. The Morgan fingerprint density at radius 2 is 1.49 bits per heavy atom. The maximum absolute atomic E-state index is 13.9. The van der Waals surface area contributed by atoms with Crippen molar-refractivity contribution in [2.45, 2.75) is 38.5 Å². The highest BCUT2D eigenvalue weighted by Gasteiger charge is 2.46. The molecule has 1 saturated carbocycles.